The van der Waals surface area contributed by atoms with Crippen LogP contribution in [0.1, 0.15) is 16.4 Å². The molecule has 0 aliphatic heterocycles. The lowest BCUT2D eigenvalue weighted by Crippen LogP contribution is -2.19. The van der Waals surface area contributed by atoms with Crippen LogP contribution in [0.15, 0.2) is 88.8 Å². The molecule has 2 aromatic heterocycles. The van der Waals surface area contributed by atoms with Crippen LogP contribution < -0.4 is 5.32 Å². The van der Waals surface area contributed by atoms with Crippen molar-refractivity contribution in [3.63, 3.8) is 0 Å². The molecule has 6 nitrogen and oxygen atoms in total. The molecule has 0 saturated heterocycles. The van der Waals surface area contributed by atoms with E-state index in [2.05, 4.69) is 20.5 Å². The van der Waals surface area contributed by atoms with Crippen LogP contribution in [0.25, 0.3) is 11.5 Å². The molecule has 4 aromatic rings. The normalized spacial score (nSPS) is 11.8. The number of carbonyl (C=O) groups is 1. The highest BCUT2D eigenvalue weighted by Gasteiger charge is 2.25. The maximum Gasteiger partial charge on any atom is 0.277 e. The minimum absolute atomic E-state index is 0.159. The van der Waals surface area contributed by atoms with E-state index in [9.17, 15) is 4.79 Å². The van der Waals surface area contributed by atoms with E-state index in [0.717, 1.165) is 22.4 Å². The average molecular weight is 402 g/mol. The highest BCUT2D eigenvalue weighted by atomic mass is 32.2. The number of rotatable bonds is 6. The van der Waals surface area contributed by atoms with Crippen molar-refractivity contribution in [2.75, 3.05) is 5.32 Å². The minimum atomic E-state index is -0.539. The Balaban J connectivity index is 1.57. The topological polar surface area (TPSA) is 80.9 Å². The Morgan fingerprint density at radius 3 is 2.41 bits per heavy atom. The van der Waals surface area contributed by atoms with Crippen molar-refractivity contribution >= 4 is 23.4 Å². The van der Waals surface area contributed by atoms with Crippen LogP contribution in [-0.4, -0.2) is 21.1 Å². The third-order valence-electron chi connectivity index (χ3n) is 4.21. The minimum Gasteiger partial charge on any atom is -0.411 e. The van der Waals surface area contributed by atoms with Gasteiger partial charge in [0, 0.05) is 23.6 Å². The zero-order valence-electron chi connectivity index (χ0n) is 15.6. The number of nitrogens with one attached hydrogen (secondary N) is 1. The van der Waals surface area contributed by atoms with Gasteiger partial charge in [0.2, 0.25) is 11.8 Å². The van der Waals surface area contributed by atoms with E-state index >= 15 is 0 Å². The van der Waals surface area contributed by atoms with Gasteiger partial charge >= 0.3 is 0 Å². The fourth-order valence-corrected chi connectivity index (χ4v) is 3.59. The Morgan fingerprint density at radius 1 is 0.966 bits per heavy atom. The predicted molar refractivity (Wildman–Crippen MR) is 112 cm³/mol. The molecule has 1 amide bonds. The Labute approximate surface area is 172 Å². The van der Waals surface area contributed by atoms with Crippen LogP contribution in [0.2, 0.25) is 0 Å². The lowest BCUT2D eigenvalue weighted by Gasteiger charge is -2.15. The molecule has 4 rings (SSSR count). The first-order valence-electron chi connectivity index (χ1n) is 9.02. The van der Waals surface area contributed by atoms with E-state index in [-0.39, 0.29) is 5.91 Å². The van der Waals surface area contributed by atoms with Crippen molar-refractivity contribution in [3.8, 4) is 11.5 Å². The summed E-state index contributed by atoms with van der Waals surface area (Å²) in [4.78, 5) is 17.0. The number of aromatic nitrogens is 3. The lowest BCUT2D eigenvalue weighted by molar-refractivity contribution is -0.115. The van der Waals surface area contributed by atoms with Crippen molar-refractivity contribution in [3.05, 3.63) is 90.3 Å². The zero-order chi connectivity index (χ0) is 20.1. The summed E-state index contributed by atoms with van der Waals surface area (Å²) in [5.41, 5.74) is 3.50. The Kier molecular flexibility index (Phi) is 5.67. The SMILES string of the molecule is Cc1ccc(NC(=O)C(Sc2nnc(-c3ccncc3)o2)c2ccccc2)cc1. The van der Waals surface area contributed by atoms with E-state index in [1.54, 1.807) is 24.5 Å². The third-order valence-corrected chi connectivity index (χ3v) is 5.30. The summed E-state index contributed by atoms with van der Waals surface area (Å²) in [5.74, 6) is 0.231. The summed E-state index contributed by atoms with van der Waals surface area (Å²) in [7, 11) is 0. The summed E-state index contributed by atoms with van der Waals surface area (Å²) in [6.07, 6.45) is 3.32. The van der Waals surface area contributed by atoms with E-state index in [4.69, 9.17) is 4.42 Å². The van der Waals surface area contributed by atoms with Gasteiger partial charge in [-0.3, -0.25) is 9.78 Å². The first-order chi connectivity index (χ1) is 14.2. The molecule has 0 spiro atoms. The van der Waals surface area contributed by atoms with Crippen LogP contribution in [-0.2, 0) is 4.79 Å². The summed E-state index contributed by atoms with van der Waals surface area (Å²) in [5, 5.41) is 10.9. The molecule has 7 heteroatoms. The first kappa shape index (κ1) is 18.9. The fourth-order valence-electron chi connectivity index (χ4n) is 2.71. The number of thioether (sulfide) groups is 1. The molecule has 0 fully saturated rings. The number of pyridine rings is 1. The number of hydrogen-bond acceptors (Lipinski definition) is 6. The molecular weight excluding hydrogens is 384 g/mol. The van der Waals surface area contributed by atoms with Crippen LogP contribution >= 0.6 is 11.8 Å². The summed E-state index contributed by atoms with van der Waals surface area (Å²) in [6, 6.07) is 20.8. The van der Waals surface area contributed by atoms with Crippen LogP contribution in [0.5, 0.6) is 0 Å². The second-order valence-corrected chi connectivity index (χ2v) is 7.43. The molecule has 0 saturated carbocycles. The highest BCUT2D eigenvalue weighted by Crippen LogP contribution is 2.36. The van der Waals surface area contributed by atoms with Crippen LogP contribution in [0.4, 0.5) is 5.69 Å². The van der Waals surface area contributed by atoms with Gasteiger partial charge in [0.05, 0.1) is 0 Å². The summed E-state index contributed by atoms with van der Waals surface area (Å²) < 4.78 is 5.77. The molecular formula is C22H18N4O2S. The van der Waals surface area contributed by atoms with Gasteiger partial charge in [-0.1, -0.05) is 48.0 Å². The molecule has 0 aliphatic carbocycles. The Hall–Kier alpha value is -3.45. The lowest BCUT2D eigenvalue weighted by atomic mass is 10.1. The standard InChI is InChI=1S/C22H18N4O2S/c1-15-7-9-18(10-8-15)24-20(27)19(16-5-3-2-4-6-16)29-22-26-25-21(28-22)17-11-13-23-14-12-17/h2-14,19H,1H3,(H,24,27). The number of hydrogen-bond donors (Lipinski definition) is 1. The second kappa shape index (κ2) is 8.70. The largest absolute Gasteiger partial charge is 0.411 e. The van der Waals surface area contributed by atoms with Gasteiger partial charge in [-0.05, 0) is 48.5 Å². The van der Waals surface area contributed by atoms with Crippen molar-refractivity contribution < 1.29 is 9.21 Å². The number of anilines is 1. The molecule has 1 N–H and O–H groups in total. The maximum absolute atomic E-state index is 13.0. The van der Waals surface area contributed by atoms with E-state index in [1.807, 2.05) is 61.5 Å². The van der Waals surface area contributed by atoms with Crippen molar-refractivity contribution in [2.45, 2.75) is 17.4 Å². The maximum atomic E-state index is 13.0. The molecule has 0 bridgehead atoms. The van der Waals surface area contributed by atoms with Gasteiger partial charge in [0.1, 0.15) is 5.25 Å². The van der Waals surface area contributed by atoms with E-state index in [0.29, 0.717) is 11.1 Å². The third kappa shape index (κ3) is 4.70. The molecule has 2 heterocycles. The molecule has 1 atom stereocenters. The number of nitrogens with zero attached hydrogens (tertiary/aromatic N) is 3. The van der Waals surface area contributed by atoms with Crippen molar-refractivity contribution in [1.29, 1.82) is 0 Å². The Morgan fingerprint density at radius 2 is 1.69 bits per heavy atom. The first-order valence-corrected chi connectivity index (χ1v) is 9.90. The number of amides is 1. The van der Waals surface area contributed by atoms with E-state index < -0.39 is 5.25 Å². The number of carbonyl (C=O) groups excluding carboxylic acids is 1. The molecule has 29 heavy (non-hydrogen) atoms. The summed E-state index contributed by atoms with van der Waals surface area (Å²) in [6.45, 7) is 2.00. The van der Waals surface area contributed by atoms with Crippen LogP contribution in [0, 0.1) is 6.92 Å². The molecule has 2 aromatic carbocycles. The molecule has 0 aliphatic rings. The smallest absolute Gasteiger partial charge is 0.277 e. The Bertz CT molecular complexity index is 1080. The van der Waals surface area contributed by atoms with Gasteiger partial charge < -0.3 is 9.73 Å². The fraction of sp³-hybridized carbons (Fsp3) is 0.0909. The van der Waals surface area contributed by atoms with E-state index in [1.165, 1.54) is 11.8 Å². The van der Waals surface area contributed by atoms with Gasteiger partial charge in [-0.15, -0.1) is 10.2 Å². The zero-order valence-corrected chi connectivity index (χ0v) is 16.5. The molecule has 144 valence electrons. The number of aryl methyl sites for hydroxylation is 1. The van der Waals surface area contributed by atoms with Gasteiger partial charge in [0.15, 0.2) is 0 Å². The molecule has 1 unspecified atom stereocenters. The van der Waals surface area contributed by atoms with Crippen molar-refractivity contribution in [2.24, 2.45) is 0 Å². The summed E-state index contributed by atoms with van der Waals surface area (Å²) >= 11 is 1.22. The van der Waals surface area contributed by atoms with Gasteiger partial charge in [-0.2, -0.15) is 0 Å². The second-order valence-electron chi connectivity index (χ2n) is 6.37. The predicted octanol–water partition coefficient (Wildman–Crippen LogP) is 4.91. The number of benzene rings is 2. The average Bonchev–Trinajstić information content (AvgIpc) is 3.24. The monoisotopic (exact) mass is 402 g/mol. The van der Waals surface area contributed by atoms with Gasteiger partial charge in [-0.25, -0.2) is 0 Å². The van der Waals surface area contributed by atoms with Crippen molar-refractivity contribution in [1.82, 2.24) is 15.2 Å². The highest BCUT2D eigenvalue weighted by molar-refractivity contribution is 8.00. The van der Waals surface area contributed by atoms with Crippen LogP contribution in [0.3, 0.4) is 0 Å². The quantitative estimate of drug-likeness (QED) is 0.462. The molecule has 0 radical (unpaired) electrons. The van der Waals surface area contributed by atoms with Gasteiger partial charge in [0.25, 0.3) is 5.22 Å².